The Morgan fingerprint density at radius 3 is 2.73 bits per heavy atom. The van der Waals surface area contributed by atoms with Crippen LogP contribution in [0.25, 0.3) is 10.9 Å². The van der Waals surface area contributed by atoms with Crippen molar-refractivity contribution in [1.82, 2.24) is 36.0 Å². The number of hydrogen-bond acceptors (Lipinski definition) is 10. The predicted octanol–water partition coefficient (Wildman–Crippen LogP) is 0.376. The molecular weight excluding hydrogens is 504 g/mol. The number of aromatic amines is 1. The number of aliphatic carboxylic acids is 1. The molecule has 4 rings (SSSR count). The number of aliphatic imine (C=N–C) groups is 1. The second-order valence-corrected chi connectivity index (χ2v) is 10.2. The van der Waals surface area contributed by atoms with Crippen LogP contribution in [0.3, 0.4) is 0 Å². The topological polar surface area (TPSA) is 204 Å². The highest BCUT2D eigenvalue weighted by molar-refractivity contribution is 7.89. The number of carbonyl (C=O) groups excluding carboxylic acids is 1. The number of H-pyrrole nitrogens is 1. The molecule has 2 aromatic heterocycles. The number of carboxylic acid groups (broad SMARTS) is 1. The van der Waals surface area contributed by atoms with Crippen LogP contribution >= 0.6 is 0 Å². The van der Waals surface area contributed by atoms with Crippen molar-refractivity contribution in [2.24, 2.45) is 4.99 Å². The first kappa shape index (κ1) is 26.1. The number of amides is 1. The summed E-state index contributed by atoms with van der Waals surface area (Å²) in [5.74, 6) is -1.71. The minimum atomic E-state index is -4.46. The Hall–Kier alpha value is -3.98. The molecule has 0 aliphatic carbocycles. The molecule has 1 amide bonds. The average Bonchev–Trinajstić information content (AvgIpc) is 3.59. The summed E-state index contributed by atoms with van der Waals surface area (Å²) < 4.78 is 33.8. The third kappa shape index (κ3) is 5.56. The monoisotopic (exact) mass is 532 g/mol. The first-order valence-corrected chi connectivity index (χ1v) is 13.1. The number of nitrogens with zero attached hydrogens (tertiary/aromatic N) is 3. The number of carboxylic acids is 1. The summed E-state index contributed by atoms with van der Waals surface area (Å²) in [6, 6.07) is 4.84. The lowest BCUT2D eigenvalue weighted by Crippen LogP contribution is -2.65. The first-order chi connectivity index (χ1) is 17.6. The number of guanidine groups is 1. The lowest BCUT2D eigenvalue weighted by Gasteiger charge is -2.31. The summed E-state index contributed by atoms with van der Waals surface area (Å²) in [7, 11) is -4.46. The zero-order chi connectivity index (χ0) is 26.6. The Morgan fingerprint density at radius 2 is 2.05 bits per heavy atom. The third-order valence-electron chi connectivity index (χ3n) is 5.90. The van der Waals surface area contributed by atoms with E-state index in [-0.39, 0.29) is 34.8 Å². The number of benzene rings is 1. The summed E-state index contributed by atoms with van der Waals surface area (Å²) in [5.41, 5.74) is -1.80. The molecule has 1 unspecified atom stereocenters. The van der Waals surface area contributed by atoms with E-state index in [0.29, 0.717) is 36.4 Å². The number of unbranched alkanes of at least 4 members (excludes halogenated alkanes) is 1. The van der Waals surface area contributed by atoms with Crippen molar-refractivity contribution in [2.75, 3.05) is 19.6 Å². The van der Waals surface area contributed by atoms with Gasteiger partial charge in [-0.05, 0) is 39.2 Å². The molecule has 0 saturated heterocycles. The van der Waals surface area contributed by atoms with Crippen LogP contribution in [0.2, 0.25) is 0 Å². The highest BCUT2D eigenvalue weighted by Gasteiger charge is 2.45. The minimum Gasteiger partial charge on any atom is -0.478 e. The van der Waals surface area contributed by atoms with Gasteiger partial charge in [-0.3, -0.25) is 14.9 Å². The van der Waals surface area contributed by atoms with Crippen molar-refractivity contribution >= 4 is 38.8 Å². The minimum absolute atomic E-state index is 0.00752. The van der Waals surface area contributed by atoms with E-state index >= 15 is 0 Å². The fourth-order valence-electron chi connectivity index (χ4n) is 4.14. The smallest absolute Gasteiger partial charge is 0.345 e. The highest BCUT2D eigenvalue weighted by atomic mass is 32.2. The van der Waals surface area contributed by atoms with Gasteiger partial charge in [-0.15, -0.1) is 0 Å². The number of nitrogens with one attached hydrogen (secondary N) is 5. The van der Waals surface area contributed by atoms with Crippen LogP contribution in [0, 0.1) is 13.8 Å². The molecule has 0 bridgehead atoms. The van der Waals surface area contributed by atoms with E-state index in [1.54, 1.807) is 12.1 Å². The quantitative estimate of drug-likeness (QED) is 0.148. The van der Waals surface area contributed by atoms with E-state index in [9.17, 15) is 23.1 Å². The number of rotatable bonds is 11. The number of carbonyl (C=O) groups is 2. The Labute approximate surface area is 212 Å². The second-order valence-electron chi connectivity index (χ2n) is 8.60. The molecule has 1 atom stereocenters. The van der Waals surface area contributed by atoms with Gasteiger partial charge in [0.15, 0.2) is 11.7 Å². The van der Waals surface area contributed by atoms with Crippen molar-refractivity contribution in [1.29, 1.82) is 0 Å². The molecule has 3 aromatic rings. The lowest BCUT2D eigenvalue weighted by atomic mass is 10.0. The van der Waals surface area contributed by atoms with E-state index in [2.05, 4.69) is 41.0 Å². The summed E-state index contributed by atoms with van der Waals surface area (Å²) >= 11 is 0. The Kier molecular flexibility index (Phi) is 7.45. The summed E-state index contributed by atoms with van der Waals surface area (Å²) in [6.45, 7) is 4.71. The standard InChI is InChI=1S/C22H28N8O6S/c1-13-18(14(2)36-29-13)37(34,35)30-22(20(32)33,8-3-4-9-23-21-24-10-11-25-21)27-19(31)16-7-5-6-15-12-26-28-17(15)16/h5-7,12,30H,3-4,8-11H2,1-2H3,(H,26,28)(H,27,31)(H,32,33)(H2,23,24,25). The van der Waals surface area contributed by atoms with Gasteiger partial charge in [-0.2, -0.15) is 9.82 Å². The second kappa shape index (κ2) is 10.6. The van der Waals surface area contributed by atoms with Crippen LogP contribution in [-0.4, -0.2) is 72.0 Å². The molecule has 0 radical (unpaired) electrons. The van der Waals surface area contributed by atoms with Crippen LogP contribution in [0.5, 0.6) is 0 Å². The van der Waals surface area contributed by atoms with E-state index in [4.69, 9.17) is 4.52 Å². The zero-order valence-corrected chi connectivity index (χ0v) is 21.1. The highest BCUT2D eigenvalue weighted by Crippen LogP contribution is 2.24. The Bertz CT molecular complexity index is 1430. The Balaban J connectivity index is 1.61. The van der Waals surface area contributed by atoms with Crippen LogP contribution in [-0.2, 0) is 14.8 Å². The summed E-state index contributed by atoms with van der Waals surface area (Å²) in [6.07, 6.45) is 2.02. The number of sulfonamides is 1. The fourth-order valence-corrected chi connectivity index (χ4v) is 5.78. The number of aryl methyl sites for hydroxylation is 2. The molecule has 0 saturated carbocycles. The van der Waals surface area contributed by atoms with Crippen LogP contribution < -0.4 is 20.7 Å². The third-order valence-corrected chi connectivity index (χ3v) is 7.64. The van der Waals surface area contributed by atoms with E-state index in [1.165, 1.54) is 26.1 Å². The molecule has 198 valence electrons. The maximum atomic E-state index is 13.3. The van der Waals surface area contributed by atoms with Crippen molar-refractivity contribution in [3.8, 4) is 0 Å². The van der Waals surface area contributed by atoms with E-state index in [0.717, 1.165) is 6.54 Å². The number of para-hydroxylation sites is 1. The van der Waals surface area contributed by atoms with Crippen molar-refractivity contribution < 1.29 is 27.6 Å². The van der Waals surface area contributed by atoms with Gasteiger partial charge in [0.05, 0.1) is 23.8 Å². The maximum Gasteiger partial charge on any atom is 0.345 e. The van der Waals surface area contributed by atoms with Gasteiger partial charge in [0.1, 0.15) is 10.6 Å². The molecule has 14 nitrogen and oxygen atoms in total. The van der Waals surface area contributed by atoms with Crippen molar-refractivity contribution in [3.63, 3.8) is 0 Å². The summed E-state index contributed by atoms with van der Waals surface area (Å²) in [4.78, 5) is 29.9. The molecule has 0 spiro atoms. The van der Waals surface area contributed by atoms with Gasteiger partial charge in [-0.1, -0.05) is 17.3 Å². The van der Waals surface area contributed by atoms with Crippen molar-refractivity contribution in [2.45, 2.75) is 43.7 Å². The molecule has 6 N–H and O–H groups in total. The van der Waals surface area contributed by atoms with Gasteiger partial charge >= 0.3 is 5.97 Å². The van der Waals surface area contributed by atoms with Gasteiger partial charge in [0.2, 0.25) is 15.7 Å². The molecule has 1 aliphatic heterocycles. The number of aromatic nitrogens is 3. The number of fused-ring (bicyclic) bond motifs is 1. The van der Waals surface area contributed by atoms with Crippen LogP contribution in [0.15, 0.2) is 38.8 Å². The summed E-state index contributed by atoms with van der Waals surface area (Å²) in [5, 5.41) is 29.8. The lowest BCUT2D eigenvalue weighted by molar-refractivity contribution is -0.145. The average molecular weight is 533 g/mol. The number of hydrogen-bond donors (Lipinski definition) is 6. The normalized spacial score (nSPS) is 15.1. The SMILES string of the molecule is Cc1noc(C)c1S(=O)(=O)NC(CCCCNC1=NCCN1)(NC(=O)c1cccc2cn[nH]c12)C(=O)O. The Morgan fingerprint density at radius 1 is 1.24 bits per heavy atom. The predicted molar refractivity (Wildman–Crippen MR) is 132 cm³/mol. The molecule has 15 heteroatoms. The largest absolute Gasteiger partial charge is 0.478 e. The molecule has 1 aliphatic rings. The van der Waals surface area contributed by atoms with Gasteiger partial charge < -0.3 is 25.6 Å². The molecule has 3 heterocycles. The van der Waals surface area contributed by atoms with Gasteiger partial charge in [-0.25, -0.2) is 13.2 Å². The molecule has 1 aromatic carbocycles. The molecule has 37 heavy (non-hydrogen) atoms. The van der Waals surface area contributed by atoms with Crippen molar-refractivity contribution in [3.05, 3.63) is 41.4 Å². The van der Waals surface area contributed by atoms with Crippen LogP contribution in [0.4, 0.5) is 0 Å². The van der Waals surface area contributed by atoms with E-state index in [1.807, 2.05) is 0 Å². The molecular formula is C22H28N8O6S. The van der Waals surface area contributed by atoms with E-state index < -0.39 is 27.6 Å². The van der Waals surface area contributed by atoms with Gasteiger partial charge in [0, 0.05) is 18.5 Å². The zero-order valence-electron chi connectivity index (χ0n) is 20.3. The fraction of sp³-hybridized carbons (Fsp3) is 0.409. The molecule has 0 fully saturated rings. The van der Waals surface area contributed by atoms with Crippen LogP contribution in [0.1, 0.15) is 41.1 Å². The maximum absolute atomic E-state index is 13.3. The van der Waals surface area contributed by atoms with Gasteiger partial charge in [0.25, 0.3) is 5.91 Å². The first-order valence-electron chi connectivity index (χ1n) is 11.6.